The summed E-state index contributed by atoms with van der Waals surface area (Å²) in [6.45, 7) is 5.84. The van der Waals surface area contributed by atoms with Crippen molar-refractivity contribution in [2.24, 2.45) is 11.3 Å². The minimum atomic E-state index is -2.95. The highest BCUT2D eigenvalue weighted by Gasteiger charge is 2.30. The van der Waals surface area contributed by atoms with Crippen LogP contribution in [0, 0.1) is 11.3 Å². The van der Waals surface area contributed by atoms with Gasteiger partial charge in [0.05, 0.1) is 17.9 Å². The van der Waals surface area contributed by atoms with Crippen LogP contribution in [0.25, 0.3) is 0 Å². The van der Waals surface area contributed by atoms with Crippen LogP contribution in [-0.4, -0.2) is 49.6 Å². The van der Waals surface area contributed by atoms with Crippen molar-refractivity contribution in [2.45, 2.75) is 39.7 Å². The number of nitrogens with one attached hydrogen (secondary N) is 2. The fourth-order valence-electron chi connectivity index (χ4n) is 2.23. The first-order chi connectivity index (χ1) is 9.49. The SMILES string of the molecule is CC(C)(C)C(CC(=O)O)NC(=O)NCC1CCS(=O)(=O)C1. The van der Waals surface area contributed by atoms with E-state index in [1.807, 2.05) is 20.8 Å². The van der Waals surface area contributed by atoms with E-state index in [4.69, 9.17) is 5.11 Å². The van der Waals surface area contributed by atoms with Gasteiger partial charge >= 0.3 is 12.0 Å². The first-order valence-electron chi connectivity index (χ1n) is 6.96. The highest BCUT2D eigenvalue weighted by molar-refractivity contribution is 7.91. The van der Waals surface area contributed by atoms with Gasteiger partial charge in [-0.05, 0) is 17.8 Å². The average molecular weight is 320 g/mol. The van der Waals surface area contributed by atoms with E-state index >= 15 is 0 Å². The zero-order valence-corrected chi connectivity index (χ0v) is 13.5. The molecular weight excluding hydrogens is 296 g/mol. The van der Waals surface area contributed by atoms with Gasteiger partial charge in [-0.15, -0.1) is 0 Å². The second-order valence-electron chi connectivity index (χ2n) is 6.64. The molecule has 1 saturated heterocycles. The van der Waals surface area contributed by atoms with Crippen LogP contribution < -0.4 is 10.6 Å². The van der Waals surface area contributed by atoms with Crippen LogP contribution in [0.5, 0.6) is 0 Å². The second-order valence-corrected chi connectivity index (χ2v) is 8.87. The molecule has 1 rings (SSSR count). The molecule has 3 N–H and O–H groups in total. The monoisotopic (exact) mass is 320 g/mol. The fourth-order valence-corrected chi connectivity index (χ4v) is 4.09. The lowest BCUT2D eigenvalue weighted by molar-refractivity contribution is -0.138. The maximum Gasteiger partial charge on any atom is 0.315 e. The number of amides is 2. The summed E-state index contributed by atoms with van der Waals surface area (Å²) >= 11 is 0. The molecule has 0 bridgehead atoms. The van der Waals surface area contributed by atoms with E-state index in [0.717, 1.165) is 0 Å². The van der Waals surface area contributed by atoms with Crippen molar-refractivity contribution < 1.29 is 23.1 Å². The molecule has 1 heterocycles. The van der Waals surface area contributed by atoms with E-state index in [9.17, 15) is 18.0 Å². The van der Waals surface area contributed by atoms with Crippen LogP contribution >= 0.6 is 0 Å². The molecule has 0 aromatic heterocycles. The number of urea groups is 1. The highest BCUT2D eigenvalue weighted by atomic mass is 32.2. The van der Waals surface area contributed by atoms with E-state index in [2.05, 4.69) is 10.6 Å². The van der Waals surface area contributed by atoms with Gasteiger partial charge in [0.25, 0.3) is 0 Å². The largest absolute Gasteiger partial charge is 0.481 e. The van der Waals surface area contributed by atoms with Gasteiger partial charge in [0.2, 0.25) is 0 Å². The average Bonchev–Trinajstić information content (AvgIpc) is 2.64. The normalized spacial score (nSPS) is 22.5. The van der Waals surface area contributed by atoms with Crippen LogP contribution in [0.1, 0.15) is 33.6 Å². The van der Waals surface area contributed by atoms with Crippen molar-refractivity contribution >= 4 is 21.8 Å². The lowest BCUT2D eigenvalue weighted by Crippen LogP contribution is -2.49. The summed E-state index contributed by atoms with van der Waals surface area (Å²) in [4.78, 5) is 22.7. The predicted molar refractivity (Wildman–Crippen MR) is 78.8 cm³/mol. The summed E-state index contributed by atoms with van der Waals surface area (Å²) in [6, 6.07) is -0.956. The maximum absolute atomic E-state index is 11.8. The predicted octanol–water partition coefficient (Wildman–Crippen LogP) is 0.610. The van der Waals surface area contributed by atoms with Crippen molar-refractivity contribution in [2.75, 3.05) is 18.1 Å². The molecule has 2 unspecified atom stereocenters. The Kier molecular flexibility index (Phi) is 5.61. The Morgan fingerprint density at radius 2 is 1.95 bits per heavy atom. The molecule has 0 aromatic carbocycles. The molecule has 8 heteroatoms. The van der Waals surface area contributed by atoms with Crippen molar-refractivity contribution in [1.29, 1.82) is 0 Å². The molecule has 1 fully saturated rings. The van der Waals surface area contributed by atoms with Crippen molar-refractivity contribution in [3.63, 3.8) is 0 Å². The van der Waals surface area contributed by atoms with E-state index in [-0.39, 0.29) is 35.8 Å². The molecule has 0 saturated carbocycles. The van der Waals surface area contributed by atoms with Gasteiger partial charge in [0.15, 0.2) is 9.84 Å². The molecule has 0 aromatic rings. The maximum atomic E-state index is 11.8. The minimum Gasteiger partial charge on any atom is -0.481 e. The molecule has 0 spiro atoms. The Labute approximate surface area is 125 Å². The first kappa shape index (κ1) is 17.7. The Balaban J connectivity index is 2.46. The van der Waals surface area contributed by atoms with Gasteiger partial charge in [0.1, 0.15) is 0 Å². The zero-order valence-electron chi connectivity index (χ0n) is 12.7. The first-order valence-corrected chi connectivity index (χ1v) is 8.78. The fraction of sp³-hybridized carbons (Fsp3) is 0.846. The topological polar surface area (TPSA) is 113 Å². The van der Waals surface area contributed by atoms with Gasteiger partial charge in [-0.2, -0.15) is 0 Å². The standard InChI is InChI=1S/C13H24N2O5S/c1-13(2,3)10(6-11(16)17)15-12(18)14-7-9-4-5-21(19,20)8-9/h9-10H,4-8H2,1-3H3,(H,16,17)(H2,14,15,18). The molecule has 0 radical (unpaired) electrons. The molecule has 2 amide bonds. The Morgan fingerprint density at radius 1 is 1.33 bits per heavy atom. The smallest absolute Gasteiger partial charge is 0.315 e. The van der Waals surface area contributed by atoms with Gasteiger partial charge in [-0.1, -0.05) is 20.8 Å². The highest BCUT2D eigenvalue weighted by Crippen LogP contribution is 2.22. The number of hydrogen-bond acceptors (Lipinski definition) is 4. The third kappa shape index (κ3) is 6.33. The molecular formula is C13H24N2O5S. The molecule has 0 aliphatic carbocycles. The summed E-state index contributed by atoms with van der Waals surface area (Å²) in [7, 11) is -2.95. The van der Waals surface area contributed by atoms with Crippen molar-refractivity contribution in [3.8, 4) is 0 Å². The number of carbonyl (C=O) groups excluding carboxylic acids is 1. The van der Waals surface area contributed by atoms with E-state index < -0.39 is 27.9 Å². The molecule has 122 valence electrons. The quantitative estimate of drug-likeness (QED) is 0.687. The van der Waals surface area contributed by atoms with Crippen molar-refractivity contribution in [1.82, 2.24) is 10.6 Å². The van der Waals surface area contributed by atoms with Gasteiger partial charge in [0, 0.05) is 12.6 Å². The summed E-state index contributed by atoms with van der Waals surface area (Å²) in [6.07, 6.45) is 0.398. The molecule has 1 aliphatic heterocycles. The molecule has 7 nitrogen and oxygen atoms in total. The van der Waals surface area contributed by atoms with Crippen molar-refractivity contribution in [3.05, 3.63) is 0 Å². The van der Waals surface area contributed by atoms with Gasteiger partial charge in [-0.3, -0.25) is 4.79 Å². The number of rotatable bonds is 5. The molecule has 1 aliphatic rings. The number of carboxylic acids is 1. The second kappa shape index (κ2) is 6.64. The third-order valence-corrected chi connectivity index (χ3v) is 5.44. The van der Waals surface area contributed by atoms with E-state index in [1.54, 1.807) is 0 Å². The van der Waals surface area contributed by atoms with Gasteiger partial charge in [-0.25, -0.2) is 13.2 Å². The van der Waals surface area contributed by atoms with Crippen LogP contribution in [-0.2, 0) is 14.6 Å². The number of hydrogen-bond donors (Lipinski definition) is 3. The Bertz CT molecular complexity index is 495. The van der Waals surface area contributed by atoms with E-state index in [1.165, 1.54) is 0 Å². The lowest BCUT2D eigenvalue weighted by atomic mass is 9.85. The summed E-state index contributed by atoms with van der Waals surface area (Å²) in [5, 5.41) is 14.2. The number of aliphatic carboxylic acids is 1. The Morgan fingerprint density at radius 3 is 2.38 bits per heavy atom. The van der Waals surface area contributed by atoms with Crippen LogP contribution in [0.3, 0.4) is 0 Å². The third-order valence-electron chi connectivity index (χ3n) is 3.61. The minimum absolute atomic E-state index is 0.0617. The number of carbonyl (C=O) groups is 2. The molecule has 21 heavy (non-hydrogen) atoms. The number of sulfone groups is 1. The molecule has 2 atom stereocenters. The van der Waals surface area contributed by atoms with Crippen LogP contribution in [0.2, 0.25) is 0 Å². The Hall–Kier alpha value is -1.31. The summed E-state index contributed by atoms with van der Waals surface area (Å²) in [5.41, 5.74) is -0.383. The summed E-state index contributed by atoms with van der Waals surface area (Å²) < 4.78 is 22.6. The van der Waals surface area contributed by atoms with Crippen LogP contribution in [0.15, 0.2) is 0 Å². The zero-order chi connectivity index (χ0) is 16.3. The summed E-state index contributed by atoms with van der Waals surface area (Å²) in [5.74, 6) is -0.763. The number of carboxylic acid groups (broad SMARTS) is 1. The van der Waals surface area contributed by atoms with Crippen LogP contribution in [0.4, 0.5) is 4.79 Å². The van der Waals surface area contributed by atoms with Gasteiger partial charge < -0.3 is 15.7 Å². The lowest BCUT2D eigenvalue weighted by Gasteiger charge is -2.30. The van der Waals surface area contributed by atoms with E-state index in [0.29, 0.717) is 6.42 Å².